The fraction of sp³-hybridized carbons (Fsp3) is 0.0714. The van der Waals surface area contributed by atoms with Crippen LogP contribution in [0, 0.1) is 0 Å². The summed E-state index contributed by atoms with van der Waals surface area (Å²) >= 11 is 8.62. The predicted molar refractivity (Wildman–Crippen MR) is 86.3 cm³/mol. The molecule has 0 fully saturated rings. The van der Waals surface area contributed by atoms with E-state index in [1.54, 1.807) is 30.3 Å². The molecule has 0 aliphatic heterocycles. The average molecular weight is 417 g/mol. The van der Waals surface area contributed by atoms with E-state index in [2.05, 4.69) is 20.9 Å². The number of rotatable bonds is 4. The van der Waals surface area contributed by atoms with E-state index in [9.17, 15) is 15.5 Å². The van der Waals surface area contributed by atoms with Gasteiger partial charge in [0.2, 0.25) is 9.84 Å². The maximum atomic E-state index is 14.2. The number of pyridine rings is 1. The summed E-state index contributed by atoms with van der Waals surface area (Å²) in [6.45, 7) is 0. The Hall–Kier alpha value is -1.05. The molecular formula is C14H11BrClF4NS. The molecule has 0 amide bonds. The number of benzene rings is 1. The zero-order valence-corrected chi connectivity index (χ0v) is 14.2. The highest BCUT2D eigenvalue weighted by Gasteiger charge is 2.64. The van der Waals surface area contributed by atoms with Crippen LogP contribution in [-0.4, -0.2) is 4.98 Å². The summed E-state index contributed by atoms with van der Waals surface area (Å²) in [4.78, 5) is 3.16. The van der Waals surface area contributed by atoms with Crippen LogP contribution in [0.15, 0.2) is 68.6 Å². The second-order valence-corrected chi connectivity index (χ2v) is 9.00. The van der Waals surface area contributed by atoms with Gasteiger partial charge in [-0.3, -0.25) is 0 Å². The summed E-state index contributed by atoms with van der Waals surface area (Å²) < 4.78 is 57.0. The van der Waals surface area contributed by atoms with E-state index in [1.165, 1.54) is 0 Å². The summed E-state index contributed by atoms with van der Waals surface area (Å²) in [5, 5.41) is -2.63. The molecule has 0 spiro atoms. The molecule has 0 aliphatic rings. The van der Waals surface area contributed by atoms with E-state index in [0.717, 1.165) is 12.3 Å². The van der Waals surface area contributed by atoms with Gasteiger partial charge < -0.3 is 0 Å². The van der Waals surface area contributed by atoms with E-state index < -0.39 is 25.3 Å². The lowest BCUT2D eigenvalue weighted by atomic mass is 10.1. The zero-order valence-electron chi connectivity index (χ0n) is 11.0. The normalized spacial score (nSPS) is 16.0. The molecule has 0 bridgehead atoms. The molecule has 120 valence electrons. The van der Waals surface area contributed by atoms with Gasteiger partial charge in [0.15, 0.2) is 5.03 Å². The minimum atomic E-state index is -8.67. The smallest absolute Gasteiger partial charge is 0.219 e. The number of halogens is 6. The van der Waals surface area contributed by atoms with Crippen molar-refractivity contribution in [3.05, 3.63) is 69.1 Å². The highest BCUT2D eigenvalue weighted by molar-refractivity contribution is 9.10. The van der Waals surface area contributed by atoms with Crippen molar-refractivity contribution in [3.8, 4) is 0 Å². The first-order valence-electron chi connectivity index (χ1n) is 6.02. The molecule has 0 radical (unpaired) electrons. The molecule has 2 rings (SSSR count). The van der Waals surface area contributed by atoms with Gasteiger partial charge in [0.25, 0.3) is 0 Å². The summed E-state index contributed by atoms with van der Waals surface area (Å²) in [7, 11) is -8.67. The Balaban J connectivity index is 2.42. The fourth-order valence-electron chi connectivity index (χ4n) is 1.76. The van der Waals surface area contributed by atoms with Crippen molar-refractivity contribution < 1.29 is 15.5 Å². The van der Waals surface area contributed by atoms with Crippen molar-refractivity contribution in [2.24, 2.45) is 0 Å². The highest BCUT2D eigenvalue weighted by atomic mass is 79.9. The Kier molecular flexibility index (Phi) is 4.13. The summed E-state index contributed by atoms with van der Waals surface area (Å²) in [5.74, 6) is 0. The van der Waals surface area contributed by atoms with Gasteiger partial charge in [-0.05, 0) is 33.6 Å². The Bertz CT molecular complexity index is 713. The largest absolute Gasteiger partial charge is 0.242 e. The maximum absolute atomic E-state index is 14.2. The molecule has 1 nitrogen and oxygen atoms in total. The van der Waals surface area contributed by atoms with E-state index in [1.807, 2.05) is 0 Å². The van der Waals surface area contributed by atoms with Crippen LogP contribution in [0.3, 0.4) is 0 Å². The zero-order chi connectivity index (χ0) is 16.5. The molecule has 0 saturated carbocycles. The van der Waals surface area contributed by atoms with Gasteiger partial charge in [-0.25, -0.2) is 4.98 Å². The van der Waals surface area contributed by atoms with Gasteiger partial charge in [0, 0.05) is 22.1 Å². The molecule has 1 aromatic heterocycles. The number of allylic oxidation sites excluding steroid dienone is 1. The number of hydrogen-bond acceptors (Lipinski definition) is 1. The first-order valence-corrected chi connectivity index (χ1v) is 9.31. The monoisotopic (exact) mass is 415 g/mol. The summed E-state index contributed by atoms with van der Waals surface area (Å²) in [6, 6.07) is 9.96. The van der Waals surface area contributed by atoms with Gasteiger partial charge in [-0.15, -0.1) is 15.5 Å². The van der Waals surface area contributed by atoms with Crippen LogP contribution in [0.2, 0.25) is 0 Å². The van der Waals surface area contributed by atoms with Gasteiger partial charge in [0.1, 0.15) is 0 Å². The fourth-order valence-corrected chi connectivity index (χ4v) is 4.04. The van der Waals surface area contributed by atoms with E-state index in [4.69, 9.17) is 11.6 Å². The summed E-state index contributed by atoms with van der Waals surface area (Å²) in [6.07, 6.45) is 0.688. The Morgan fingerprint density at radius 2 is 1.73 bits per heavy atom. The number of aromatic nitrogens is 1. The third-order valence-corrected chi connectivity index (χ3v) is 5.43. The van der Waals surface area contributed by atoms with Crippen LogP contribution in [0.5, 0.6) is 0 Å². The molecule has 0 saturated heterocycles. The molecular weight excluding hydrogens is 406 g/mol. The maximum Gasteiger partial charge on any atom is 0.219 e. The topological polar surface area (TPSA) is 12.9 Å². The third kappa shape index (κ3) is 4.24. The van der Waals surface area contributed by atoms with Crippen LogP contribution >= 0.6 is 37.4 Å². The molecule has 0 aliphatic carbocycles. The van der Waals surface area contributed by atoms with Gasteiger partial charge >= 0.3 is 0 Å². The van der Waals surface area contributed by atoms with Crippen LogP contribution in [-0.2, 0) is 6.42 Å². The van der Waals surface area contributed by atoms with Crippen molar-refractivity contribution >= 4 is 37.4 Å². The van der Waals surface area contributed by atoms with Crippen LogP contribution in [0.4, 0.5) is 15.5 Å². The minimum Gasteiger partial charge on any atom is -0.242 e. The lowest BCUT2D eigenvalue weighted by molar-refractivity contribution is 0.458. The van der Waals surface area contributed by atoms with E-state index >= 15 is 0 Å². The standard InChI is InChI=1S/C14H11BrClF4NS/c15-12-6-7-14(21-9-12)22(17,18,19,20)10-13(16)8-11-4-2-1-3-5-11/h1-7,9-10H,8H2/b13-10+. The third-order valence-electron chi connectivity index (χ3n) is 2.72. The lowest BCUT2D eigenvalue weighted by Crippen LogP contribution is -2.13. The van der Waals surface area contributed by atoms with Crippen LogP contribution in [0.1, 0.15) is 5.56 Å². The molecule has 8 heteroatoms. The second kappa shape index (κ2) is 5.25. The van der Waals surface area contributed by atoms with Crippen LogP contribution < -0.4 is 0 Å². The van der Waals surface area contributed by atoms with Crippen molar-refractivity contribution in [2.45, 2.75) is 11.4 Å². The quantitative estimate of drug-likeness (QED) is 0.492. The molecule has 1 aromatic carbocycles. The average Bonchev–Trinajstić information content (AvgIpc) is 2.38. The molecule has 2 aromatic rings. The van der Waals surface area contributed by atoms with Gasteiger partial charge in [-0.2, -0.15) is 0 Å². The van der Waals surface area contributed by atoms with Crippen molar-refractivity contribution in [1.29, 1.82) is 0 Å². The lowest BCUT2D eigenvalue weighted by Gasteiger charge is -2.46. The van der Waals surface area contributed by atoms with E-state index in [-0.39, 0.29) is 6.42 Å². The SMILES string of the molecule is FS(F)(F)(F)(/C=C(/Cl)Cc1ccccc1)c1ccc(Br)cn1. The first kappa shape index (κ1) is 17.3. The minimum absolute atomic E-state index is 0.208. The van der Waals surface area contributed by atoms with Crippen molar-refractivity contribution in [3.63, 3.8) is 0 Å². The Morgan fingerprint density at radius 1 is 1.09 bits per heavy atom. The van der Waals surface area contributed by atoms with Crippen LogP contribution in [0.25, 0.3) is 0 Å². The highest BCUT2D eigenvalue weighted by Crippen LogP contribution is 3.01. The molecule has 0 unspecified atom stereocenters. The molecule has 1 heterocycles. The molecule has 0 atom stereocenters. The number of nitrogens with zero attached hydrogens (tertiary/aromatic N) is 1. The summed E-state index contributed by atoms with van der Waals surface area (Å²) in [5.41, 5.74) is 0.556. The molecule has 0 N–H and O–H groups in total. The van der Waals surface area contributed by atoms with Crippen molar-refractivity contribution in [2.75, 3.05) is 0 Å². The van der Waals surface area contributed by atoms with Gasteiger partial charge in [-0.1, -0.05) is 41.9 Å². The van der Waals surface area contributed by atoms with E-state index in [0.29, 0.717) is 16.1 Å². The molecule has 22 heavy (non-hydrogen) atoms. The first-order chi connectivity index (χ1) is 9.99. The Labute approximate surface area is 138 Å². The number of hydrogen-bond donors (Lipinski definition) is 0. The Morgan fingerprint density at radius 3 is 2.27 bits per heavy atom. The predicted octanol–water partition coefficient (Wildman–Crippen LogP) is 6.94. The van der Waals surface area contributed by atoms with Gasteiger partial charge in [0.05, 0.1) is 5.41 Å². The van der Waals surface area contributed by atoms with Crippen molar-refractivity contribution in [1.82, 2.24) is 4.98 Å². The second-order valence-electron chi connectivity index (χ2n) is 4.67.